The van der Waals surface area contributed by atoms with Gasteiger partial charge in [-0.05, 0) is 37.1 Å². The molecule has 1 fully saturated rings. The molecule has 6 nitrogen and oxygen atoms in total. The second-order valence-electron chi connectivity index (χ2n) is 7.50. The first kappa shape index (κ1) is 25.4. The molecule has 3 rings (SSSR count). The maximum absolute atomic E-state index is 5.57. The summed E-state index contributed by atoms with van der Waals surface area (Å²) < 4.78 is 10.8. The molecule has 0 aromatic heterocycles. The molecule has 0 amide bonds. The number of methoxy groups -OCH3 is 1. The van der Waals surface area contributed by atoms with Crippen LogP contribution in [0.25, 0.3) is 0 Å². The lowest BCUT2D eigenvalue weighted by atomic mass is 10.0. The third-order valence-corrected chi connectivity index (χ3v) is 5.30. The SMILES string of the molecule is CCNC(=NCc1ccc(OC)cc1)NCC(c1cccc(C)c1)N1CCOCC1.I. The van der Waals surface area contributed by atoms with Gasteiger partial charge in [-0.3, -0.25) is 4.90 Å². The van der Waals surface area contributed by atoms with Gasteiger partial charge in [0.15, 0.2) is 5.96 Å². The quantitative estimate of drug-likeness (QED) is 0.305. The number of hydrogen-bond acceptors (Lipinski definition) is 4. The normalized spacial score (nSPS) is 15.6. The van der Waals surface area contributed by atoms with Crippen molar-refractivity contribution in [2.24, 2.45) is 4.99 Å². The molecule has 0 radical (unpaired) electrons. The Bertz CT molecular complexity index is 807. The van der Waals surface area contributed by atoms with Gasteiger partial charge in [0, 0.05) is 26.2 Å². The molecule has 0 aliphatic carbocycles. The Labute approximate surface area is 203 Å². The Morgan fingerprint density at radius 3 is 2.52 bits per heavy atom. The molecule has 1 heterocycles. The zero-order chi connectivity index (χ0) is 21.2. The van der Waals surface area contributed by atoms with Crippen molar-refractivity contribution < 1.29 is 9.47 Å². The summed E-state index contributed by atoms with van der Waals surface area (Å²) in [5.74, 6) is 1.69. The smallest absolute Gasteiger partial charge is 0.191 e. The van der Waals surface area contributed by atoms with Crippen molar-refractivity contribution in [1.29, 1.82) is 0 Å². The summed E-state index contributed by atoms with van der Waals surface area (Å²) in [4.78, 5) is 7.28. The molecule has 31 heavy (non-hydrogen) atoms. The molecular weight excluding hydrogens is 503 g/mol. The van der Waals surface area contributed by atoms with E-state index in [2.05, 4.69) is 65.8 Å². The van der Waals surface area contributed by atoms with E-state index in [1.165, 1.54) is 11.1 Å². The van der Waals surface area contributed by atoms with Crippen LogP contribution in [0.2, 0.25) is 0 Å². The second kappa shape index (κ2) is 13.5. The average molecular weight is 538 g/mol. The third kappa shape index (κ3) is 7.97. The van der Waals surface area contributed by atoms with Crippen molar-refractivity contribution in [3.05, 3.63) is 65.2 Å². The molecule has 1 saturated heterocycles. The number of aryl methyl sites for hydroxylation is 1. The molecule has 2 aromatic carbocycles. The van der Waals surface area contributed by atoms with Crippen molar-refractivity contribution in [3.63, 3.8) is 0 Å². The summed E-state index contributed by atoms with van der Waals surface area (Å²) in [5.41, 5.74) is 3.76. The minimum atomic E-state index is 0. The molecule has 0 spiro atoms. The number of rotatable bonds is 8. The summed E-state index contributed by atoms with van der Waals surface area (Å²) in [6.07, 6.45) is 0. The molecule has 2 aromatic rings. The predicted octanol–water partition coefficient (Wildman–Crippen LogP) is 3.75. The van der Waals surface area contributed by atoms with E-state index < -0.39 is 0 Å². The highest BCUT2D eigenvalue weighted by Crippen LogP contribution is 2.22. The Morgan fingerprint density at radius 1 is 1.13 bits per heavy atom. The van der Waals surface area contributed by atoms with Crippen molar-refractivity contribution in [1.82, 2.24) is 15.5 Å². The van der Waals surface area contributed by atoms with Gasteiger partial charge in [0.25, 0.3) is 0 Å². The monoisotopic (exact) mass is 538 g/mol. The Kier molecular flexibility index (Phi) is 11.1. The number of aliphatic imine (C=N–C) groups is 1. The fraction of sp³-hybridized carbons (Fsp3) is 0.458. The number of nitrogens with one attached hydrogen (secondary N) is 2. The molecule has 2 N–H and O–H groups in total. The first-order valence-electron chi connectivity index (χ1n) is 10.7. The number of benzene rings is 2. The van der Waals surface area contributed by atoms with Gasteiger partial charge in [-0.15, -0.1) is 24.0 Å². The standard InChI is InChI=1S/C24H34N4O2.HI/c1-4-25-24(26-17-20-8-10-22(29-3)11-9-20)27-18-23(28-12-14-30-15-13-28)21-7-5-6-19(2)16-21;/h5-11,16,23H,4,12-15,17-18H2,1-3H3,(H2,25,26,27);1H. The molecule has 1 aliphatic heterocycles. The van der Waals surface area contributed by atoms with Gasteiger partial charge in [0.05, 0.1) is 32.9 Å². The lowest BCUT2D eigenvalue weighted by Gasteiger charge is -2.35. The van der Waals surface area contributed by atoms with Crippen LogP contribution in [0.15, 0.2) is 53.5 Å². The van der Waals surface area contributed by atoms with Gasteiger partial charge >= 0.3 is 0 Å². The average Bonchev–Trinajstić information content (AvgIpc) is 2.78. The van der Waals surface area contributed by atoms with E-state index in [1.54, 1.807) is 7.11 Å². The van der Waals surface area contributed by atoms with Crippen molar-refractivity contribution in [3.8, 4) is 5.75 Å². The summed E-state index contributed by atoms with van der Waals surface area (Å²) >= 11 is 0. The van der Waals surface area contributed by atoms with Crippen LogP contribution in [0.3, 0.4) is 0 Å². The first-order chi connectivity index (χ1) is 14.7. The van der Waals surface area contributed by atoms with Gasteiger partial charge < -0.3 is 20.1 Å². The first-order valence-corrected chi connectivity index (χ1v) is 10.7. The minimum absolute atomic E-state index is 0. The van der Waals surface area contributed by atoms with E-state index in [0.29, 0.717) is 6.54 Å². The highest BCUT2D eigenvalue weighted by Gasteiger charge is 2.23. The zero-order valence-electron chi connectivity index (χ0n) is 18.8. The number of ether oxygens (including phenoxy) is 2. The van der Waals surface area contributed by atoms with E-state index >= 15 is 0 Å². The van der Waals surface area contributed by atoms with Gasteiger partial charge in [-0.25, -0.2) is 4.99 Å². The minimum Gasteiger partial charge on any atom is -0.497 e. The van der Waals surface area contributed by atoms with E-state index in [-0.39, 0.29) is 30.0 Å². The van der Waals surface area contributed by atoms with Gasteiger partial charge in [0.1, 0.15) is 5.75 Å². The van der Waals surface area contributed by atoms with Crippen LogP contribution < -0.4 is 15.4 Å². The van der Waals surface area contributed by atoms with E-state index in [9.17, 15) is 0 Å². The summed E-state index contributed by atoms with van der Waals surface area (Å²) in [5, 5.41) is 6.93. The number of hydrogen-bond donors (Lipinski definition) is 2. The van der Waals surface area contributed by atoms with Crippen LogP contribution >= 0.6 is 24.0 Å². The molecule has 7 heteroatoms. The van der Waals surface area contributed by atoms with Crippen molar-refractivity contribution in [2.45, 2.75) is 26.4 Å². The van der Waals surface area contributed by atoms with Crippen molar-refractivity contribution >= 4 is 29.9 Å². The Balaban J connectivity index is 0.00000341. The molecule has 1 aliphatic rings. The molecule has 1 unspecified atom stereocenters. The summed E-state index contributed by atoms with van der Waals surface area (Å²) in [6.45, 7) is 9.92. The van der Waals surface area contributed by atoms with Gasteiger partial charge in [-0.2, -0.15) is 0 Å². The van der Waals surface area contributed by atoms with Crippen LogP contribution in [0.1, 0.15) is 29.7 Å². The summed E-state index contributed by atoms with van der Waals surface area (Å²) in [6, 6.07) is 17.1. The van der Waals surface area contributed by atoms with E-state index in [1.807, 2.05) is 12.1 Å². The predicted molar refractivity (Wildman–Crippen MR) is 138 cm³/mol. The fourth-order valence-corrected chi connectivity index (χ4v) is 3.66. The van der Waals surface area contributed by atoms with Crippen LogP contribution in [-0.4, -0.2) is 57.4 Å². The Hall–Kier alpha value is -1.84. The molecule has 0 bridgehead atoms. The van der Waals surface area contributed by atoms with Crippen LogP contribution in [0.5, 0.6) is 5.75 Å². The molecule has 0 saturated carbocycles. The number of guanidine groups is 1. The van der Waals surface area contributed by atoms with Crippen molar-refractivity contribution in [2.75, 3.05) is 46.5 Å². The highest BCUT2D eigenvalue weighted by molar-refractivity contribution is 14.0. The van der Waals surface area contributed by atoms with Gasteiger partial charge in [-0.1, -0.05) is 42.0 Å². The number of nitrogens with zero attached hydrogens (tertiary/aromatic N) is 2. The molecule has 170 valence electrons. The molecule has 1 atom stereocenters. The zero-order valence-corrected chi connectivity index (χ0v) is 21.1. The topological polar surface area (TPSA) is 58.1 Å². The maximum Gasteiger partial charge on any atom is 0.191 e. The van der Waals surface area contributed by atoms with Crippen LogP contribution in [0.4, 0.5) is 0 Å². The van der Waals surface area contributed by atoms with Crippen LogP contribution in [-0.2, 0) is 11.3 Å². The third-order valence-electron chi connectivity index (χ3n) is 5.30. The lowest BCUT2D eigenvalue weighted by Crippen LogP contribution is -2.46. The Morgan fingerprint density at radius 2 is 1.87 bits per heavy atom. The van der Waals surface area contributed by atoms with E-state index in [4.69, 9.17) is 14.5 Å². The lowest BCUT2D eigenvalue weighted by molar-refractivity contribution is 0.0170. The van der Waals surface area contributed by atoms with Crippen LogP contribution in [0, 0.1) is 6.92 Å². The second-order valence-corrected chi connectivity index (χ2v) is 7.50. The highest BCUT2D eigenvalue weighted by atomic mass is 127. The fourth-order valence-electron chi connectivity index (χ4n) is 3.66. The van der Waals surface area contributed by atoms with Gasteiger partial charge in [0.2, 0.25) is 0 Å². The number of morpholine rings is 1. The summed E-state index contributed by atoms with van der Waals surface area (Å²) in [7, 11) is 1.68. The molecular formula is C24H35IN4O2. The van der Waals surface area contributed by atoms with E-state index in [0.717, 1.165) is 56.7 Å². The maximum atomic E-state index is 5.57. The largest absolute Gasteiger partial charge is 0.497 e. The number of halogens is 1.